The molecule has 2 aliphatic heterocycles. The number of amides is 1. The minimum atomic E-state index is -0.281. The standard InChI is InChI=1S/C21H16N4O4S3/c26-19(23-20-24-25-21(32-20)31-11-4-5-27-8-11)14-7-17-16(28-10-29-17)6-13(14)12-2-1-3-15-18(12)30-9-22-15/h1-3,6-7,9,11H,4-5,8,10H2,(H,23,24,26). The molecule has 1 unspecified atom stereocenters. The van der Waals surface area contributed by atoms with E-state index >= 15 is 0 Å². The van der Waals surface area contributed by atoms with Crippen molar-refractivity contribution in [2.24, 2.45) is 0 Å². The third kappa shape index (κ3) is 3.71. The van der Waals surface area contributed by atoms with Crippen molar-refractivity contribution in [2.75, 3.05) is 25.3 Å². The van der Waals surface area contributed by atoms with Crippen LogP contribution in [0.2, 0.25) is 0 Å². The summed E-state index contributed by atoms with van der Waals surface area (Å²) in [5.41, 5.74) is 4.84. The number of fused-ring (bicyclic) bond motifs is 2. The van der Waals surface area contributed by atoms with Crippen molar-refractivity contribution in [3.63, 3.8) is 0 Å². The minimum absolute atomic E-state index is 0.131. The third-order valence-electron chi connectivity index (χ3n) is 5.19. The molecule has 0 spiro atoms. The monoisotopic (exact) mass is 484 g/mol. The Kier molecular flexibility index (Phi) is 5.18. The number of aromatic nitrogens is 3. The quantitative estimate of drug-likeness (QED) is 0.408. The maximum atomic E-state index is 13.3. The van der Waals surface area contributed by atoms with Crippen molar-refractivity contribution in [3.05, 3.63) is 41.4 Å². The number of thiazole rings is 1. The first kappa shape index (κ1) is 19.9. The van der Waals surface area contributed by atoms with Gasteiger partial charge in [0.25, 0.3) is 5.91 Å². The van der Waals surface area contributed by atoms with E-state index in [9.17, 15) is 4.79 Å². The first-order chi connectivity index (χ1) is 15.7. The van der Waals surface area contributed by atoms with Crippen LogP contribution in [-0.4, -0.2) is 46.3 Å². The lowest BCUT2D eigenvalue weighted by molar-refractivity contribution is 0.102. The Morgan fingerprint density at radius 3 is 2.94 bits per heavy atom. The molecule has 2 aromatic heterocycles. The molecule has 2 aliphatic rings. The van der Waals surface area contributed by atoms with Gasteiger partial charge in [0.15, 0.2) is 15.8 Å². The molecule has 1 fully saturated rings. The van der Waals surface area contributed by atoms with Crippen molar-refractivity contribution in [1.29, 1.82) is 0 Å². The molecule has 1 N–H and O–H groups in total. The van der Waals surface area contributed by atoms with Crippen LogP contribution >= 0.6 is 34.4 Å². The van der Waals surface area contributed by atoms with Crippen LogP contribution in [0.25, 0.3) is 21.3 Å². The fraction of sp³-hybridized carbons (Fsp3) is 0.238. The van der Waals surface area contributed by atoms with Gasteiger partial charge in [0.05, 0.1) is 27.9 Å². The van der Waals surface area contributed by atoms with E-state index in [0.717, 1.165) is 45.3 Å². The molecule has 162 valence electrons. The highest BCUT2D eigenvalue weighted by molar-refractivity contribution is 8.01. The van der Waals surface area contributed by atoms with Gasteiger partial charge in [-0.1, -0.05) is 35.2 Å². The summed E-state index contributed by atoms with van der Waals surface area (Å²) in [7, 11) is 0. The summed E-state index contributed by atoms with van der Waals surface area (Å²) in [6.45, 7) is 1.63. The first-order valence-corrected chi connectivity index (χ1v) is 12.5. The Morgan fingerprint density at radius 1 is 1.16 bits per heavy atom. The van der Waals surface area contributed by atoms with Crippen molar-refractivity contribution in [3.8, 4) is 22.6 Å². The minimum Gasteiger partial charge on any atom is -0.454 e. The van der Waals surface area contributed by atoms with Gasteiger partial charge in [-0.05, 0) is 30.2 Å². The largest absolute Gasteiger partial charge is 0.454 e. The van der Waals surface area contributed by atoms with E-state index in [-0.39, 0.29) is 12.7 Å². The highest BCUT2D eigenvalue weighted by Gasteiger charge is 2.24. The predicted molar refractivity (Wildman–Crippen MR) is 124 cm³/mol. The van der Waals surface area contributed by atoms with Gasteiger partial charge < -0.3 is 14.2 Å². The number of thioether (sulfide) groups is 1. The van der Waals surface area contributed by atoms with E-state index in [1.54, 1.807) is 23.3 Å². The first-order valence-electron chi connectivity index (χ1n) is 9.90. The summed E-state index contributed by atoms with van der Waals surface area (Å²) in [5.74, 6) is 0.883. The number of hydrogen-bond donors (Lipinski definition) is 1. The van der Waals surface area contributed by atoms with Crippen LogP contribution in [0.15, 0.2) is 40.2 Å². The molecular formula is C21H16N4O4S3. The molecule has 4 aromatic rings. The summed E-state index contributed by atoms with van der Waals surface area (Å²) in [6.07, 6.45) is 0.996. The summed E-state index contributed by atoms with van der Waals surface area (Å²) in [4.78, 5) is 17.7. The predicted octanol–water partition coefficient (Wildman–Crippen LogP) is 4.68. The van der Waals surface area contributed by atoms with Gasteiger partial charge in [0.2, 0.25) is 11.9 Å². The van der Waals surface area contributed by atoms with Gasteiger partial charge in [0.1, 0.15) is 0 Å². The molecule has 1 atom stereocenters. The molecule has 1 amide bonds. The lowest BCUT2D eigenvalue weighted by Crippen LogP contribution is -2.13. The van der Waals surface area contributed by atoms with Crippen molar-refractivity contribution in [1.82, 2.24) is 15.2 Å². The normalized spacial score (nSPS) is 17.2. The summed E-state index contributed by atoms with van der Waals surface area (Å²) >= 11 is 4.54. The molecule has 11 heteroatoms. The van der Waals surface area contributed by atoms with Crippen LogP contribution in [0.1, 0.15) is 16.8 Å². The molecule has 6 rings (SSSR count). The Balaban J connectivity index is 1.33. The maximum absolute atomic E-state index is 13.3. The van der Waals surface area contributed by atoms with Gasteiger partial charge in [-0.3, -0.25) is 10.1 Å². The zero-order chi connectivity index (χ0) is 21.5. The van der Waals surface area contributed by atoms with Crippen molar-refractivity contribution >= 4 is 55.7 Å². The number of rotatable bonds is 5. The topological polar surface area (TPSA) is 95.5 Å². The highest BCUT2D eigenvalue weighted by atomic mass is 32.2. The van der Waals surface area contributed by atoms with Crippen LogP contribution in [0.4, 0.5) is 5.13 Å². The fourth-order valence-corrected chi connectivity index (χ4v) is 6.55. The number of carbonyl (C=O) groups is 1. The number of anilines is 1. The second kappa shape index (κ2) is 8.32. The second-order valence-electron chi connectivity index (χ2n) is 7.19. The zero-order valence-corrected chi connectivity index (χ0v) is 19.0. The van der Waals surface area contributed by atoms with Gasteiger partial charge in [-0.25, -0.2) is 4.98 Å². The SMILES string of the molecule is O=C(Nc1nnc(SC2CCOC2)s1)c1cc2c(cc1-c1cccc3ncsc13)OCO2. The Hall–Kier alpha value is -2.73. The van der Waals surface area contributed by atoms with Gasteiger partial charge in [-0.2, -0.15) is 0 Å². The zero-order valence-electron chi connectivity index (χ0n) is 16.6. The lowest BCUT2D eigenvalue weighted by Gasteiger charge is -2.11. The molecule has 2 aromatic carbocycles. The second-order valence-corrected chi connectivity index (χ2v) is 10.6. The molecule has 1 saturated heterocycles. The summed E-state index contributed by atoms with van der Waals surface area (Å²) < 4.78 is 18.3. The van der Waals surface area contributed by atoms with E-state index in [1.165, 1.54) is 22.7 Å². The van der Waals surface area contributed by atoms with E-state index < -0.39 is 0 Å². The van der Waals surface area contributed by atoms with E-state index in [0.29, 0.717) is 27.4 Å². The molecule has 0 saturated carbocycles. The van der Waals surface area contributed by atoms with Gasteiger partial charge >= 0.3 is 0 Å². The third-order valence-corrected chi connectivity index (χ3v) is 8.22. The van der Waals surface area contributed by atoms with Gasteiger partial charge in [0, 0.05) is 17.4 Å². The van der Waals surface area contributed by atoms with Gasteiger partial charge in [-0.15, -0.1) is 21.5 Å². The number of ether oxygens (including phenoxy) is 3. The molecular weight excluding hydrogens is 468 g/mol. The fourth-order valence-electron chi connectivity index (χ4n) is 3.67. The number of hydrogen-bond acceptors (Lipinski definition) is 10. The highest BCUT2D eigenvalue weighted by Crippen LogP contribution is 2.42. The Morgan fingerprint density at radius 2 is 2.06 bits per heavy atom. The van der Waals surface area contributed by atoms with Crippen LogP contribution < -0.4 is 14.8 Å². The molecule has 0 radical (unpaired) electrons. The number of carbonyl (C=O) groups excluding carboxylic acids is 1. The van der Waals surface area contributed by atoms with Crippen molar-refractivity contribution < 1.29 is 19.0 Å². The van der Waals surface area contributed by atoms with Crippen LogP contribution in [0.3, 0.4) is 0 Å². The summed E-state index contributed by atoms with van der Waals surface area (Å²) in [6, 6.07) is 9.45. The average Bonchev–Trinajstić information content (AvgIpc) is 3.60. The summed E-state index contributed by atoms with van der Waals surface area (Å²) in [5, 5.41) is 12.1. The number of nitrogens with one attached hydrogen (secondary N) is 1. The Labute approximate surface area is 194 Å². The maximum Gasteiger partial charge on any atom is 0.258 e. The Bertz CT molecular complexity index is 1320. The van der Waals surface area contributed by atoms with Crippen LogP contribution in [0.5, 0.6) is 11.5 Å². The van der Waals surface area contributed by atoms with Crippen LogP contribution in [0, 0.1) is 0 Å². The average molecular weight is 485 g/mol. The smallest absolute Gasteiger partial charge is 0.258 e. The number of benzene rings is 2. The molecule has 0 bridgehead atoms. The lowest BCUT2D eigenvalue weighted by atomic mass is 9.98. The molecule has 4 heterocycles. The number of nitrogens with zero attached hydrogens (tertiary/aromatic N) is 3. The van der Waals surface area contributed by atoms with E-state index in [1.807, 2.05) is 24.3 Å². The molecule has 32 heavy (non-hydrogen) atoms. The van der Waals surface area contributed by atoms with E-state index in [2.05, 4.69) is 20.5 Å². The molecule has 0 aliphatic carbocycles. The van der Waals surface area contributed by atoms with E-state index in [4.69, 9.17) is 14.2 Å². The molecule has 8 nitrogen and oxygen atoms in total. The van der Waals surface area contributed by atoms with Crippen LogP contribution in [-0.2, 0) is 4.74 Å². The van der Waals surface area contributed by atoms with Crippen molar-refractivity contribution in [2.45, 2.75) is 16.0 Å².